The first kappa shape index (κ1) is 12.7. The van der Waals surface area contributed by atoms with Crippen molar-refractivity contribution >= 4 is 17.2 Å². The molecule has 0 radical (unpaired) electrons. The number of hydrogen-bond acceptors (Lipinski definition) is 5. The van der Waals surface area contributed by atoms with Crippen molar-refractivity contribution in [3.8, 4) is 0 Å². The number of nitrogen functional groups attached to an aromatic ring is 1. The Bertz CT molecular complexity index is 435. The van der Waals surface area contributed by atoms with E-state index in [4.69, 9.17) is 5.73 Å². The maximum Gasteiger partial charge on any atom is 0.334 e. The quantitative estimate of drug-likeness (QED) is 0.460. The van der Waals surface area contributed by atoms with Gasteiger partial charge in [0.2, 0.25) is 5.82 Å². The van der Waals surface area contributed by atoms with Crippen molar-refractivity contribution in [2.45, 2.75) is 0 Å². The lowest BCUT2D eigenvalue weighted by molar-refractivity contribution is -0.383. The van der Waals surface area contributed by atoms with E-state index in [-0.39, 0.29) is 17.2 Å². The predicted molar refractivity (Wildman–Crippen MR) is 67.9 cm³/mol. The van der Waals surface area contributed by atoms with Gasteiger partial charge in [0.05, 0.1) is 4.92 Å². The first-order chi connectivity index (χ1) is 8.11. The molecule has 0 aromatic carbocycles. The topological polar surface area (TPSA) is 85.3 Å². The van der Waals surface area contributed by atoms with E-state index in [0.29, 0.717) is 13.1 Å². The Kier molecular flexibility index (Phi) is 4.21. The second-order valence-electron chi connectivity index (χ2n) is 3.31. The fraction of sp³-hybridized carbons (Fsp3) is 0.182. The summed E-state index contributed by atoms with van der Waals surface area (Å²) in [6.07, 6.45) is 4.72. The zero-order valence-electron chi connectivity index (χ0n) is 9.37. The van der Waals surface area contributed by atoms with Crippen LogP contribution >= 0.6 is 0 Å². The van der Waals surface area contributed by atoms with Gasteiger partial charge >= 0.3 is 5.69 Å². The summed E-state index contributed by atoms with van der Waals surface area (Å²) in [6, 6.07) is 1.40. The summed E-state index contributed by atoms with van der Waals surface area (Å²) >= 11 is 0. The Morgan fingerprint density at radius 1 is 1.47 bits per heavy atom. The minimum absolute atomic E-state index is 0.0955. The molecule has 0 aliphatic rings. The highest BCUT2D eigenvalue weighted by Crippen LogP contribution is 2.31. The summed E-state index contributed by atoms with van der Waals surface area (Å²) in [5.74, 6) is 0.231. The monoisotopic (exact) mass is 234 g/mol. The van der Waals surface area contributed by atoms with Crippen LogP contribution in [0.4, 0.5) is 17.2 Å². The average Bonchev–Trinajstić information content (AvgIpc) is 2.28. The molecule has 1 heterocycles. The summed E-state index contributed by atoms with van der Waals surface area (Å²) in [7, 11) is 0. The number of hydrogen-bond donors (Lipinski definition) is 1. The highest BCUT2D eigenvalue weighted by Gasteiger charge is 2.22. The van der Waals surface area contributed by atoms with E-state index in [9.17, 15) is 10.1 Å². The molecular formula is C11H14N4O2. The second-order valence-corrected chi connectivity index (χ2v) is 3.31. The van der Waals surface area contributed by atoms with Crippen molar-refractivity contribution in [1.82, 2.24) is 4.98 Å². The number of nitro groups is 1. The molecule has 2 N–H and O–H groups in total. The normalized spacial score (nSPS) is 9.65. The molecule has 0 fully saturated rings. The molecule has 6 nitrogen and oxygen atoms in total. The molecule has 1 rings (SSSR count). The lowest BCUT2D eigenvalue weighted by atomic mass is 10.3. The molecule has 90 valence electrons. The minimum atomic E-state index is -0.531. The van der Waals surface area contributed by atoms with Gasteiger partial charge in [-0.2, -0.15) is 0 Å². The van der Waals surface area contributed by atoms with E-state index in [2.05, 4.69) is 18.1 Å². The summed E-state index contributed by atoms with van der Waals surface area (Å²) in [5, 5.41) is 11.0. The van der Waals surface area contributed by atoms with Crippen molar-refractivity contribution in [3.63, 3.8) is 0 Å². The molecule has 1 aromatic rings. The molecule has 0 bridgehead atoms. The molecular weight excluding hydrogens is 220 g/mol. The van der Waals surface area contributed by atoms with E-state index >= 15 is 0 Å². The van der Waals surface area contributed by atoms with Crippen LogP contribution in [0.25, 0.3) is 0 Å². The van der Waals surface area contributed by atoms with Gasteiger partial charge in [-0.25, -0.2) is 4.98 Å². The summed E-state index contributed by atoms with van der Waals surface area (Å²) in [6.45, 7) is 8.07. The molecule has 17 heavy (non-hydrogen) atoms. The Morgan fingerprint density at radius 3 is 2.53 bits per heavy atom. The average molecular weight is 234 g/mol. The van der Waals surface area contributed by atoms with Gasteiger partial charge in [0, 0.05) is 19.3 Å². The van der Waals surface area contributed by atoms with Crippen LogP contribution in [0, 0.1) is 10.1 Å². The van der Waals surface area contributed by atoms with Gasteiger partial charge in [-0.05, 0) is 6.07 Å². The maximum absolute atomic E-state index is 11.0. The molecule has 0 atom stereocenters. The molecule has 0 saturated heterocycles. The third-order valence-electron chi connectivity index (χ3n) is 2.12. The third-order valence-corrected chi connectivity index (χ3v) is 2.12. The SMILES string of the molecule is C=CCN(CC=C)c1nccc(N)c1[N+](=O)[O-]. The zero-order valence-corrected chi connectivity index (χ0v) is 9.37. The van der Waals surface area contributed by atoms with Gasteiger partial charge in [0.25, 0.3) is 0 Å². The van der Waals surface area contributed by atoms with Crippen molar-refractivity contribution in [2.24, 2.45) is 0 Å². The first-order valence-corrected chi connectivity index (χ1v) is 4.97. The third kappa shape index (κ3) is 2.81. The Balaban J connectivity index is 3.26. The molecule has 0 spiro atoms. The Labute approximate surface area is 99.2 Å². The van der Waals surface area contributed by atoms with Crippen molar-refractivity contribution in [1.29, 1.82) is 0 Å². The van der Waals surface area contributed by atoms with Crippen LogP contribution in [0.1, 0.15) is 0 Å². The number of nitrogens with zero attached hydrogens (tertiary/aromatic N) is 3. The van der Waals surface area contributed by atoms with Gasteiger partial charge in [-0.3, -0.25) is 10.1 Å². The lowest BCUT2D eigenvalue weighted by Gasteiger charge is -2.20. The standard InChI is InChI=1S/C11H14N4O2/c1-3-7-14(8-4-2)11-10(15(16)17)9(12)5-6-13-11/h3-6H,1-2,7-8H2,(H2,12,13). The molecule has 0 aliphatic carbocycles. The molecule has 0 amide bonds. The van der Waals surface area contributed by atoms with Gasteiger partial charge in [0.1, 0.15) is 5.69 Å². The number of aromatic nitrogens is 1. The smallest absolute Gasteiger partial charge is 0.334 e. The number of nitrogens with two attached hydrogens (primary N) is 1. The zero-order chi connectivity index (χ0) is 12.8. The summed E-state index contributed by atoms with van der Waals surface area (Å²) < 4.78 is 0. The van der Waals surface area contributed by atoms with E-state index in [1.807, 2.05) is 0 Å². The molecule has 1 aromatic heterocycles. The maximum atomic E-state index is 11.0. The van der Waals surface area contributed by atoms with E-state index in [1.165, 1.54) is 12.3 Å². The summed E-state index contributed by atoms with van der Waals surface area (Å²) in [4.78, 5) is 16.1. The summed E-state index contributed by atoms with van der Waals surface area (Å²) in [5.41, 5.74) is 5.50. The second kappa shape index (κ2) is 5.64. The lowest BCUT2D eigenvalue weighted by Crippen LogP contribution is -2.25. The van der Waals surface area contributed by atoms with Crippen molar-refractivity contribution in [2.75, 3.05) is 23.7 Å². The molecule has 6 heteroatoms. The van der Waals surface area contributed by atoms with Gasteiger partial charge < -0.3 is 10.6 Å². The minimum Gasteiger partial charge on any atom is -0.393 e. The van der Waals surface area contributed by atoms with Gasteiger partial charge in [-0.15, -0.1) is 13.2 Å². The molecule has 0 unspecified atom stereocenters. The van der Waals surface area contributed by atoms with Crippen molar-refractivity contribution < 1.29 is 4.92 Å². The van der Waals surface area contributed by atoms with Crippen LogP contribution in [-0.2, 0) is 0 Å². The van der Waals surface area contributed by atoms with Crippen molar-refractivity contribution in [3.05, 3.63) is 47.7 Å². The highest BCUT2D eigenvalue weighted by molar-refractivity contribution is 5.71. The number of anilines is 2. The fourth-order valence-electron chi connectivity index (χ4n) is 1.43. The first-order valence-electron chi connectivity index (χ1n) is 4.97. The van der Waals surface area contributed by atoms with Gasteiger partial charge in [0.15, 0.2) is 0 Å². The van der Waals surface area contributed by atoms with Gasteiger partial charge in [-0.1, -0.05) is 12.2 Å². The molecule has 0 aliphatic heterocycles. The number of pyridine rings is 1. The number of rotatable bonds is 6. The van der Waals surface area contributed by atoms with Crippen LogP contribution < -0.4 is 10.6 Å². The highest BCUT2D eigenvalue weighted by atomic mass is 16.6. The fourth-order valence-corrected chi connectivity index (χ4v) is 1.43. The largest absolute Gasteiger partial charge is 0.393 e. The van der Waals surface area contributed by atoms with Crippen LogP contribution in [0.2, 0.25) is 0 Å². The Hall–Kier alpha value is -2.37. The van der Waals surface area contributed by atoms with E-state index in [1.54, 1.807) is 17.1 Å². The van der Waals surface area contributed by atoms with E-state index < -0.39 is 4.92 Å². The van der Waals surface area contributed by atoms with E-state index in [0.717, 1.165) is 0 Å². The molecule has 0 saturated carbocycles. The van der Waals surface area contributed by atoms with Crippen LogP contribution in [0.5, 0.6) is 0 Å². The van der Waals surface area contributed by atoms with Crippen LogP contribution in [0.15, 0.2) is 37.6 Å². The Morgan fingerprint density at radius 2 is 2.06 bits per heavy atom. The predicted octanol–water partition coefficient (Wildman–Crippen LogP) is 1.75. The van der Waals surface area contributed by atoms with Crippen LogP contribution in [0.3, 0.4) is 0 Å². The van der Waals surface area contributed by atoms with Crippen LogP contribution in [-0.4, -0.2) is 23.0 Å².